The zero-order chi connectivity index (χ0) is 12.3. The molecule has 0 bridgehead atoms. The normalized spacial score (nSPS) is 24.6. The summed E-state index contributed by atoms with van der Waals surface area (Å²) in [6.45, 7) is 5.17. The molecule has 0 aliphatic carbocycles. The van der Waals surface area contributed by atoms with Gasteiger partial charge in [0, 0.05) is 22.8 Å². The molecule has 1 saturated heterocycles. The van der Waals surface area contributed by atoms with Gasteiger partial charge in [0.05, 0.1) is 6.10 Å². The molecule has 0 aromatic heterocycles. The van der Waals surface area contributed by atoms with Gasteiger partial charge in [-0.1, -0.05) is 13.0 Å². The third-order valence-corrected chi connectivity index (χ3v) is 3.96. The van der Waals surface area contributed by atoms with Gasteiger partial charge in [0.2, 0.25) is 0 Å². The number of ether oxygens (including phenoxy) is 1. The molecule has 2 atom stereocenters. The van der Waals surface area contributed by atoms with Crippen LogP contribution < -0.4 is 5.32 Å². The van der Waals surface area contributed by atoms with Crippen LogP contribution in [0, 0.1) is 6.92 Å². The van der Waals surface area contributed by atoms with Crippen LogP contribution in [-0.4, -0.2) is 18.8 Å². The van der Waals surface area contributed by atoms with Crippen molar-refractivity contribution in [2.75, 3.05) is 11.9 Å². The predicted molar refractivity (Wildman–Crippen MR) is 75.6 cm³/mol. The summed E-state index contributed by atoms with van der Waals surface area (Å²) in [4.78, 5) is 0. The fourth-order valence-corrected chi connectivity index (χ4v) is 2.86. The Bertz CT molecular complexity index is 380. The minimum Gasteiger partial charge on any atom is -0.381 e. The first-order valence-electron chi connectivity index (χ1n) is 6.33. The van der Waals surface area contributed by atoms with Crippen molar-refractivity contribution >= 4 is 21.6 Å². The van der Waals surface area contributed by atoms with Gasteiger partial charge in [-0.25, -0.2) is 0 Å². The topological polar surface area (TPSA) is 21.3 Å². The molecule has 1 heterocycles. The van der Waals surface area contributed by atoms with Crippen LogP contribution in [0.2, 0.25) is 0 Å². The van der Waals surface area contributed by atoms with Gasteiger partial charge in [-0.05, 0) is 59.8 Å². The number of aryl methyl sites for hydroxylation is 1. The van der Waals surface area contributed by atoms with Gasteiger partial charge >= 0.3 is 0 Å². The Morgan fingerprint density at radius 1 is 1.47 bits per heavy atom. The Morgan fingerprint density at radius 2 is 2.29 bits per heavy atom. The second-order valence-electron chi connectivity index (χ2n) is 4.75. The lowest BCUT2D eigenvalue weighted by Crippen LogP contribution is -2.33. The van der Waals surface area contributed by atoms with Gasteiger partial charge in [-0.15, -0.1) is 0 Å². The zero-order valence-corrected chi connectivity index (χ0v) is 12.1. The van der Waals surface area contributed by atoms with Crippen LogP contribution in [0.1, 0.15) is 31.7 Å². The Labute approximate surface area is 112 Å². The number of rotatable bonds is 3. The summed E-state index contributed by atoms with van der Waals surface area (Å²) in [7, 11) is 0. The second kappa shape index (κ2) is 5.87. The molecule has 1 N–H and O–H groups in total. The van der Waals surface area contributed by atoms with Crippen molar-refractivity contribution < 1.29 is 4.74 Å². The molecule has 0 radical (unpaired) electrons. The van der Waals surface area contributed by atoms with Crippen molar-refractivity contribution in [3.05, 3.63) is 28.2 Å². The lowest BCUT2D eigenvalue weighted by atomic mass is 10.0. The van der Waals surface area contributed by atoms with E-state index < -0.39 is 0 Å². The average Bonchev–Trinajstić information content (AvgIpc) is 2.33. The molecule has 1 aliphatic heterocycles. The van der Waals surface area contributed by atoms with E-state index in [1.165, 1.54) is 11.3 Å². The van der Waals surface area contributed by atoms with E-state index in [9.17, 15) is 0 Å². The predicted octanol–water partition coefficient (Wildman–Crippen LogP) is 4.13. The summed E-state index contributed by atoms with van der Waals surface area (Å²) < 4.78 is 6.84. The molecule has 2 nitrogen and oxygen atoms in total. The maximum Gasteiger partial charge on any atom is 0.0592 e. The van der Waals surface area contributed by atoms with Crippen LogP contribution in [0.5, 0.6) is 0 Å². The monoisotopic (exact) mass is 297 g/mol. The molecular weight excluding hydrogens is 278 g/mol. The number of nitrogens with one attached hydrogen (secondary N) is 1. The van der Waals surface area contributed by atoms with Crippen LogP contribution in [-0.2, 0) is 4.74 Å². The van der Waals surface area contributed by atoms with E-state index in [0.717, 1.165) is 30.3 Å². The number of benzene rings is 1. The lowest BCUT2D eigenvalue weighted by molar-refractivity contribution is 0.00925. The SMILES string of the molecule is CCC1CC(Nc2ccc(C)cc2Br)CCO1. The third-order valence-electron chi connectivity index (χ3n) is 3.31. The standard InChI is InChI=1S/C14H20BrNO/c1-3-12-9-11(6-7-17-12)16-14-5-4-10(2)8-13(14)15/h4-5,8,11-12,16H,3,6-7,9H2,1-2H3. The largest absolute Gasteiger partial charge is 0.381 e. The molecule has 3 heteroatoms. The molecule has 0 amide bonds. The average molecular weight is 298 g/mol. The summed E-state index contributed by atoms with van der Waals surface area (Å²) in [5.41, 5.74) is 2.47. The van der Waals surface area contributed by atoms with Crippen molar-refractivity contribution in [2.45, 2.75) is 45.3 Å². The van der Waals surface area contributed by atoms with E-state index >= 15 is 0 Å². The molecule has 1 aromatic rings. The number of hydrogen-bond acceptors (Lipinski definition) is 2. The number of hydrogen-bond donors (Lipinski definition) is 1. The molecule has 17 heavy (non-hydrogen) atoms. The fourth-order valence-electron chi connectivity index (χ4n) is 2.25. The van der Waals surface area contributed by atoms with E-state index in [2.05, 4.69) is 53.3 Å². The second-order valence-corrected chi connectivity index (χ2v) is 5.60. The first kappa shape index (κ1) is 12.9. The molecule has 0 spiro atoms. The van der Waals surface area contributed by atoms with Crippen LogP contribution in [0.4, 0.5) is 5.69 Å². The van der Waals surface area contributed by atoms with E-state index in [1.54, 1.807) is 0 Å². The summed E-state index contributed by atoms with van der Waals surface area (Å²) in [6.07, 6.45) is 3.73. The maximum absolute atomic E-state index is 5.69. The van der Waals surface area contributed by atoms with Crippen LogP contribution in [0.3, 0.4) is 0 Å². The Morgan fingerprint density at radius 3 is 3.00 bits per heavy atom. The molecule has 2 unspecified atom stereocenters. The number of halogens is 1. The molecule has 1 aromatic carbocycles. The van der Waals surface area contributed by atoms with Crippen molar-refractivity contribution in [2.24, 2.45) is 0 Å². The molecule has 0 saturated carbocycles. The Balaban J connectivity index is 2.00. The van der Waals surface area contributed by atoms with Gasteiger partial charge < -0.3 is 10.1 Å². The first-order valence-corrected chi connectivity index (χ1v) is 7.12. The highest BCUT2D eigenvalue weighted by Gasteiger charge is 2.21. The van der Waals surface area contributed by atoms with Gasteiger partial charge in [-0.3, -0.25) is 0 Å². The van der Waals surface area contributed by atoms with Crippen LogP contribution >= 0.6 is 15.9 Å². The third kappa shape index (κ3) is 3.46. The summed E-state index contributed by atoms with van der Waals surface area (Å²) >= 11 is 3.61. The molecule has 1 aliphatic rings. The summed E-state index contributed by atoms with van der Waals surface area (Å²) in [5, 5.41) is 3.61. The van der Waals surface area contributed by atoms with E-state index in [-0.39, 0.29) is 0 Å². The lowest BCUT2D eigenvalue weighted by Gasteiger charge is -2.30. The molecule has 94 valence electrons. The Hall–Kier alpha value is -0.540. The first-order chi connectivity index (χ1) is 8.19. The summed E-state index contributed by atoms with van der Waals surface area (Å²) in [5.74, 6) is 0. The molecule has 1 fully saturated rings. The van der Waals surface area contributed by atoms with Crippen LogP contribution in [0.15, 0.2) is 22.7 Å². The van der Waals surface area contributed by atoms with Gasteiger partial charge in [-0.2, -0.15) is 0 Å². The highest BCUT2D eigenvalue weighted by atomic mass is 79.9. The Kier molecular flexibility index (Phi) is 4.46. The van der Waals surface area contributed by atoms with Gasteiger partial charge in [0.25, 0.3) is 0 Å². The van der Waals surface area contributed by atoms with E-state index in [1.807, 2.05) is 0 Å². The van der Waals surface area contributed by atoms with Crippen molar-refractivity contribution in [3.8, 4) is 0 Å². The highest BCUT2D eigenvalue weighted by molar-refractivity contribution is 9.10. The fraction of sp³-hybridized carbons (Fsp3) is 0.571. The van der Waals surface area contributed by atoms with Crippen molar-refractivity contribution in [1.82, 2.24) is 0 Å². The van der Waals surface area contributed by atoms with E-state index in [0.29, 0.717) is 12.1 Å². The zero-order valence-electron chi connectivity index (χ0n) is 10.5. The highest BCUT2D eigenvalue weighted by Crippen LogP contribution is 2.27. The molecular formula is C14H20BrNO. The van der Waals surface area contributed by atoms with Crippen molar-refractivity contribution in [1.29, 1.82) is 0 Å². The minimum absolute atomic E-state index is 0.422. The minimum atomic E-state index is 0.422. The van der Waals surface area contributed by atoms with E-state index in [4.69, 9.17) is 4.74 Å². The van der Waals surface area contributed by atoms with Crippen LogP contribution in [0.25, 0.3) is 0 Å². The smallest absolute Gasteiger partial charge is 0.0592 e. The molecule has 2 rings (SSSR count). The maximum atomic E-state index is 5.69. The van der Waals surface area contributed by atoms with Gasteiger partial charge in [0.1, 0.15) is 0 Å². The van der Waals surface area contributed by atoms with Gasteiger partial charge in [0.15, 0.2) is 0 Å². The van der Waals surface area contributed by atoms with Crippen molar-refractivity contribution in [3.63, 3.8) is 0 Å². The quantitative estimate of drug-likeness (QED) is 0.906. The summed E-state index contributed by atoms with van der Waals surface area (Å²) in [6, 6.07) is 6.98. The number of anilines is 1.